The first-order chi connectivity index (χ1) is 10.8. The predicted octanol–water partition coefficient (Wildman–Crippen LogP) is 3.78. The Morgan fingerprint density at radius 3 is 2.17 bits per heavy atom. The molecule has 124 valence electrons. The summed E-state index contributed by atoms with van der Waals surface area (Å²) in [7, 11) is -1.06. The molecule has 0 bridgehead atoms. The molecular weight excluding hydrogens is 317 g/mol. The van der Waals surface area contributed by atoms with Gasteiger partial charge in [-0.25, -0.2) is 12.8 Å². The zero-order valence-corrected chi connectivity index (χ0v) is 14.4. The second kappa shape index (κ2) is 6.58. The van der Waals surface area contributed by atoms with Crippen molar-refractivity contribution in [3.8, 4) is 5.75 Å². The summed E-state index contributed by atoms with van der Waals surface area (Å²) in [6.45, 7) is 4.13. The van der Waals surface area contributed by atoms with Gasteiger partial charge in [-0.2, -0.15) is 0 Å². The summed E-state index contributed by atoms with van der Waals surface area (Å²) in [5.74, 6) is -0.341. The molecule has 0 radical (unpaired) electrons. The average Bonchev–Trinajstić information content (AvgIpc) is 2.54. The highest BCUT2D eigenvalue weighted by Gasteiger charge is 2.22. The van der Waals surface area contributed by atoms with E-state index in [2.05, 4.69) is 13.8 Å². The van der Waals surface area contributed by atoms with Crippen LogP contribution in [0.4, 0.5) is 10.1 Å². The summed E-state index contributed by atoms with van der Waals surface area (Å²) in [6, 6.07) is 10.9. The van der Waals surface area contributed by atoms with Crippen LogP contribution in [-0.4, -0.2) is 22.6 Å². The third-order valence-electron chi connectivity index (χ3n) is 3.71. The summed E-state index contributed by atoms with van der Waals surface area (Å²) in [5.41, 5.74) is 1.64. The number of hydrogen-bond acceptors (Lipinski definition) is 3. The minimum Gasteiger partial charge on any atom is -0.494 e. The van der Waals surface area contributed by atoms with Gasteiger partial charge in [-0.15, -0.1) is 0 Å². The molecule has 0 N–H and O–H groups in total. The Labute approximate surface area is 136 Å². The molecule has 0 heterocycles. The molecule has 0 fully saturated rings. The van der Waals surface area contributed by atoms with Crippen LogP contribution in [0.5, 0.6) is 5.75 Å². The van der Waals surface area contributed by atoms with Crippen LogP contribution < -0.4 is 9.04 Å². The molecule has 2 rings (SSSR count). The van der Waals surface area contributed by atoms with Gasteiger partial charge in [-0.3, -0.25) is 4.31 Å². The van der Waals surface area contributed by atoms with E-state index in [1.165, 1.54) is 26.3 Å². The van der Waals surface area contributed by atoms with Gasteiger partial charge in [-0.05, 0) is 41.8 Å². The fraction of sp³-hybridized carbons (Fsp3) is 0.294. The topological polar surface area (TPSA) is 46.6 Å². The quantitative estimate of drug-likeness (QED) is 0.834. The van der Waals surface area contributed by atoms with Crippen molar-refractivity contribution >= 4 is 15.7 Å². The van der Waals surface area contributed by atoms with Crippen molar-refractivity contribution in [2.45, 2.75) is 24.7 Å². The largest absolute Gasteiger partial charge is 0.494 e. The first kappa shape index (κ1) is 17.3. The highest BCUT2D eigenvalue weighted by molar-refractivity contribution is 7.92. The van der Waals surface area contributed by atoms with Crippen molar-refractivity contribution in [2.24, 2.45) is 0 Å². The summed E-state index contributed by atoms with van der Waals surface area (Å²) in [6.07, 6.45) is 0. The van der Waals surface area contributed by atoms with Gasteiger partial charge in [0.2, 0.25) is 0 Å². The Morgan fingerprint density at radius 1 is 1.09 bits per heavy atom. The maximum Gasteiger partial charge on any atom is 0.264 e. The fourth-order valence-electron chi connectivity index (χ4n) is 2.17. The number of ether oxygens (including phenoxy) is 1. The molecule has 0 unspecified atom stereocenters. The molecule has 0 spiro atoms. The van der Waals surface area contributed by atoms with Crippen LogP contribution in [0.2, 0.25) is 0 Å². The molecule has 0 saturated heterocycles. The van der Waals surface area contributed by atoms with E-state index in [9.17, 15) is 12.8 Å². The number of hydrogen-bond donors (Lipinski definition) is 0. The maximum absolute atomic E-state index is 13.8. The predicted molar refractivity (Wildman–Crippen MR) is 89.1 cm³/mol. The molecule has 0 amide bonds. The Kier molecular flexibility index (Phi) is 4.94. The lowest BCUT2D eigenvalue weighted by Gasteiger charge is -2.20. The van der Waals surface area contributed by atoms with Crippen molar-refractivity contribution in [3.63, 3.8) is 0 Å². The standard InChI is InChI=1S/C17H20FNO3S/c1-12(2)13-5-7-14(8-6-13)19(3)23(20,21)15-9-10-17(22-4)16(18)11-15/h5-12H,1-4H3. The third kappa shape index (κ3) is 3.47. The Balaban J connectivity index is 2.36. The highest BCUT2D eigenvalue weighted by atomic mass is 32.2. The van der Waals surface area contributed by atoms with Gasteiger partial charge in [0.05, 0.1) is 17.7 Å². The van der Waals surface area contributed by atoms with Crippen LogP contribution in [0.1, 0.15) is 25.3 Å². The number of rotatable bonds is 5. The lowest BCUT2D eigenvalue weighted by atomic mass is 10.0. The number of halogens is 1. The van der Waals surface area contributed by atoms with Crippen LogP contribution in [0, 0.1) is 5.82 Å². The van der Waals surface area contributed by atoms with Gasteiger partial charge in [0.25, 0.3) is 10.0 Å². The molecule has 4 nitrogen and oxygen atoms in total. The normalized spacial score (nSPS) is 11.6. The lowest BCUT2D eigenvalue weighted by Crippen LogP contribution is -2.26. The van der Waals surface area contributed by atoms with Crippen LogP contribution in [-0.2, 0) is 10.0 Å². The Hall–Kier alpha value is -2.08. The van der Waals surface area contributed by atoms with Crippen molar-refractivity contribution in [2.75, 3.05) is 18.5 Å². The number of benzene rings is 2. The third-order valence-corrected chi connectivity index (χ3v) is 5.49. The van der Waals surface area contributed by atoms with E-state index in [-0.39, 0.29) is 10.6 Å². The van der Waals surface area contributed by atoms with E-state index in [0.29, 0.717) is 11.6 Å². The Morgan fingerprint density at radius 2 is 1.70 bits per heavy atom. The zero-order valence-electron chi connectivity index (χ0n) is 13.6. The van der Waals surface area contributed by atoms with E-state index < -0.39 is 15.8 Å². The monoisotopic (exact) mass is 337 g/mol. The van der Waals surface area contributed by atoms with E-state index in [1.54, 1.807) is 12.1 Å². The van der Waals surface area contributed by atoms with Crippen LogP contribution >= 0.6 is 0 Å². The van der Waals surface area contributed by atoms with E-state index >= 15 is 0 Å². The van der Waals surface area contributed by atoms with Crippen molar-refractivity contribution in [1.29, 1.82) is 0 Å². The molecular formula is C17H20FNO3S. The second-order valence-corrected chi connectivity index (χ2v) is 7.48. The van der Waals surface area contributed by atoms with Crippen LogP contribution in [0.25, 0.3) is 0 Å². The first-order valence-corrected chi connectivity index (χ1v) is 8.64. The first-order valence-electron chi connectivity index (χ1n) is 7.19. The summed E-state index contributed by atoms with van der Waals surface area (Å²) in [4.78, 5) is -0.119. The number of anilines is 1. The van der Waals surface area contributed by atoms with Gasteiger partial charge in [-0.1, -0.05) is 26.0 Å². The summed E-state index contributed by atoms with van der Waals surface area (Å²) in [5, 5.41) is 0. The molecule has 0 saturated carbocycles. The minimum atomic E-state index is -3.83. The summed E-state index contributed by atoms with van der Waals surface area (Å²) >= 11 is 0. The highest BCUT2D eigenvalue weighted by Crippen LogP contribution is 2.27. The van der Waals surface area contributed by atoms with Crippen LogP contribution in [0.15, 0.2) is 47.4 Å². The molecule has 2 aromatic carbocycles. The van der Waals surface area contributed by atoms with Crippen molar-refractivity contribution < 1.29 is 17.5 Å². The smallest absolute Gasteiger partial charge is 0.264 e. The van der Waals surface area contributed by atoms with Gasteiger partial charge in [0.1, 0.15) is 0 Å². The fourth-order valence-corrected chi connectivity index (χ4v) is 3.38. The maximum atomic E-state index is 13.8. The van der Waals surface area contributed by atoms with Crippen LogP contribution in [0.3, 0.4) is 0 Å². The zero-order chi connectivity index (χ0) is 17.2. The molecule has 0 atom stereocenters. The average molecular weight is 337 g/mol. The van der Waals surface area contributed by atoms with E-state index in [4.69, 9.17) is 4.74 Å². The van der Waals surface area contributed by atoms with Gasteiger partial charge >= 0.3 is 0 Å². The number of nitrogens with zero attached hydrogens (tertiary/aromatic N) is 1. The molecule has 0 aliphatic carbocycles. The van der Waals surface area contributed by atoms with Crippen molar-refractivity contribution in [1.82, 2.24) is 0 Å². The second-order valence-electron chi connectivity index (χ2n) is 5.52. The number of methoxy groups -OCH3 is 1. The molecule has 2 aromatic rings. The Bertz CT molecular complexity index is 786. The molecule has 0 aliphatic rings. The van der Waals surface area contributed by atoms with E-state index in [1.807, 2.05) is 12.1 Å². The van der Waals surface area contributed by atoms with E-state index in [0.717, 1.165) is 15.9 Å². The minimum absolute atomic E-state index is 0.00730. The molecule has 0 aromatic heterocycles. The lowest BCUT2D eigenvalue weighted by molar-refractivity contribution is 0.385. The van der Waals surface area contributed by atoms with Gasteiger partial charge in [0.15, 0.2) is 11.6 Å². The van der Waals surface area contributed by atoms with Crippen molar-refractivity contribution in [3.05, 3.63) is 53.8 Å². The SMILES string of the molecule is COc1ccc(S(=O)(=O)N(C)c2ccc(C(C)C)cc2)cc1F. The molecule has 6 heteroatoms. The number of sulfonamides is 1. The summed E-state index contributed by atoms with van der Waals surface area (Å²) < 4.78 is 45.0. The van der Waals surface area contributed by atoms with Gasteiger partial charge < -0.3 is 4.74 Å². The molecule has 23 heavy (non-hydrogen) atoms. The van der Waals surface area contributed by atoms with Gasteiger partial charge in [0, 0.05) is 7.05 Å². The molecule has 0 aliphatic heterocycles.